The number of nitrogens with two attached hydrogens (primary N) is 1. The van der Waals surface area contributed by atoms with Gasteiger partial charge in [-0.1, -0.05) is 18.2 Å². The number of ether oxygens (including phenoxy) is 1. The average molecular weight is 457 g/mol. The molecule has 2 heterocycles. The van der Waals surface area contributed by atoms with Crippen LogP contribution in [0.15, 0.2) is 54.7 Å². The van der Waals surface area contributed by atoms with Crippen molar-refractivity contribution in [1.82, 2.24) is 9.55 Å². The Bertz CT molecular complexity index is 1360. The molecule has 0 bridgehead atoms. The summed E-state index contributed by atoms with van der Waals surface area (Å²) in [5.41, 5.74) is 10.6. The smallest absolute Gasteiger partial charge is 0.227 e. The second-order valence-electron chi connectivity index (χ2n) is 9.46. The van der Waals surface area contributed by atoms with E-state index in [2.05, 4.69) is 24.0 Å². The van der Waals surface area contributed by atoms with Crippen LogP contribution in [0, 0.1) is 6.92 Å². The van der Waals surface area contributed by atoms with Gasteiger partial charge in [-0.05, 0) is 74.1 Å². The number of hydrogen-bond acceptors (Lipinski definition) is 5. The molecule has 0 saturated heterocycles. The highest BCUT2D eigenvalue weighted by Crippen LogP contribution is 2.34. The molecule has 2 aromatic carbocycles. The number of pyridine rings is 1. The van der Waals surface area contributed by atoms with Gasteiger partial charge in [-0.2, -0.15) is 0 Å². The van der Waals surface area contributed by atoms with Crippen LogP contribution in [0.3, 0.4) is 0 Å². The summed E-state index contributed by atoms with van der Waals surface area (Å²) >= 11 is 0. The van der Waals surface area contributed by atoms with Gasteiger partial charge in [0.1, 0.15) is 11.6 Å². The molecule has 0 amide bonds. The number of aryl methyl sites for hydroxylation is 1. The van der Waals surface area contributed by atoms with E-state index < -0.39 is 0 Å². The number of carbonyl (C=O) groups is 1. The normalized spacial score (nSPS) is 18.4. The van der Waals surface area contributed by atoms with E-state index in [4.69, 9.17) is 15.5 Å². The number of fused-ring (bicyclic) bond motifs is 2. The highest BCUT2D eigenvalue weighted by molar-refractivity contribution is 5.93. The molecular formula is C28H32N4O2. The lowest BCUT2D eigenvalue weighted by molar-refractivity contribution is 0.0941. The minimum atomic E-state index is 0.0163. The number of methoxy groups -OCH3 is 1. The molecule has 34 heavy (non-hydrogen) atoms. The van der Waals surface area contributed by atoms with Gasteiger partial charge >= 0.3 is 0 Å². The van der Waals surface area contributed by atoms with Crippen LogP contribution in [0.25, 0.3) is 21.8 Å². The molecule has 2 N–H and O–H groups in total. The molecule has 2 atom stereocenters. The van der Waals surface area contributed by atoms with Crippen LogP contribution in [0.5, 0.6) is 5.75 Å². The number of benzene rings is 2. The Hall–Kier alpha value is -3.38. The summed E-state index contributed by atoms with van der Waals surface area (Å²) in [6, 6.07) is 16.8. The van der Waals surface area contributed by atoms with Crippen molar-refractivity contribution < 1.29 is 9.53 Å². The standard InChI is InChI=1S/C28H32N4O2/c1-18-13-20-14-24(34-3)11-12-26(20)30-28(18)32(23-8-6-7-22(29)15-23)17-21-16-31(19(2)33)27-10-5-4-9-25(21)27/h4-5,9-14,16,22-23H,6-8,15,17,29H2,1-3H3. The second kappa shape index (κ2) is 9.11. The lowest BCUT2D eigenvalue weighted by Gasteiger charge is -2.38. The summed E-state index contributed by atoms with van der Waals surface area (Å²) < 4.78 is 7.16. The van der Waals surface area contributed by atoms with Crippen molar-refractivity contribution in [2.45, 2.75) is 58.2 Å². The molecule has 1 saturated carbocycles. The summed E-state index contributed by atoms with van der Waals surface area (Å²) in [5, 5.41) is 2.17. The van der Waals surface area contributed by atoms with Crippen molar-refractivity contribution in [3.8, 4) is 5.75 Å². The Morgan fingerprint density at radius 3 is 2.79 bits per heavy atom. The summed E-state index contributed by atoms with van der Waals surface area (Å²) in [6.07, 6.45) is 6.19. The molecule has 176 valence electrons. The number of carbonyl (C=O) groups excluding carboxylic acids is 1. The van der Waals surface area contributed by atoms with Crippen LogP contribution >= 0.6 is 0 Å². The van der Waals surface area contributed by atoms with Gasteiger partial charge in [0.05, 0.1) is 18.1 Å². The van der Waals surface area contributed by atoms with Crippen molar-refractivity contribution in [2.75, 3.05) is 12.0 Å². The van der Waals surface area contributed by atoms with Gasteiger partial charge in [0.2, 0.25) is 5.91 Å². The minimum Gasteiger partial charge on any atom is -0.497 e. The fourth-order valence-electron chi connectivity index (χ4n) is 5.35. The zero-order chi connectivity index (χ0) is 23.8. The lowest BCUT2D eigenvalue weighted by Crippen LogP contribution is -2.43. The van der Waals surface area contributed by atoms with Crippen LogP contribution in [0.2, 0.25) is 0 Å². The van der Waals surface area contributed by atoms with Crippen molar-refractivity contribution in [1.29, 1.82) is 0 Å². The van der Waals surface area contributed by atoms with E-state index in [1.165, 1.54) is 0 Å². The highest BCUT2D eigenvalue weighted by atomic mass is 16.5. The summed E-state index contributed by atoms with van der Waals surface area (Å²) in [6.45, 7) is 4.40. The summed E-state index contributed by atoms with van der Waals surface area (Å²) in [4.78, 5) is 19.9. The molecule has 2 aromatic heterocycles. The summed E-state index contributed by atoms with van der Waals surface area (Å²) in [7, 11) is 1.68. The molecule has 6 nitrogen and oxygen atoms in total. The van der Waals surface area contributed by atoms with Gasteiger partial charge in [0.15, 0.2) is 0 Å². The first-order valence-electron chi connectivity index (χ1n) is 12.0. The second-order valence-corrected chi connectivity index (χ2v) is 9.46. The van der Waals surface area contributed by atoms with Crippen molar-refractivity contribution in [2.24, 2.45) is 5.73 Å². The average Bonchev–Trinajstić information content (AvgIpc) is 3.21. The van der Waals surface area contributed by atoms with E-state index in [1.807, 2.05) is 42.6 Å². The summed E-state index contributed by atoms with van der Waals surface area (Å²) in [5.74, 6) is 1.83. The Morgan fingerprint density at radius 2 is 2.03 bits per heavy atom. The van der Waals surface area contributed by atoms with Gasteiger partial charge in [-0.25, -0.2) is 4.98 Å². The number of anilines is 1. The van der Waals surface area contributed by atoms with Gasteiger partial charge in [-0.3, -0.25) is 9.36 Å². The number of aromatic nitrogens is 2. The van der Waals surface area contributed by atoms with E-state index in [0.717, 1.165) is 70.2 Å². The van der Waals surface area contributed by atoms with Gasteiger partial charge in [0.25, 0.3) is 0 Å². The topological polar surface area (TPSA) is 73.4 Å². The molecule has 1 fully saturated rings. The van der Waals surface area contributed by atoms with Crippen LogP contribution in [-0.2, 0) is 6.54 Å². The molecular weight excluding hydrogens is 424 g/mol. The Morgan fingerprint density at radius 1 is 1.21 bits per heavy atom. The first kappa shape index (κ1) is 22.4. The number of rotatable bonds is 5. The lowest BCUT2D eigenvalue weighted by atomic mass is 9.90. The predicted octanol–water partition coefficient (Wildman–Crippen LogP) is 5.44. The Kier molecular flexibility index (Phi) is 6.00. The van der Waals surface area contributed by atoms with Crippen molar-refractivity contribution >= 4 is 33.5 Å². The maximum absolute atomic E-state index is 12.3. The molecule has 1 aliphatic rings. The van der Waals surface area contributed by atoms with Crippen LogP contribution < -0.4 is 15.4 Å². The molecule has 6 heteroatoms. The first-order chi connectivity index (χ1) is 16.4. The van der Waals surface area contributed by atoms with E-state index in [0.29, 0.717) is 12.6 Å². The third-order valence-electron chi connectivity index (χ3n) is 7.06. The molecule has 0 aliphatic heterocycles. The van der Waals surface area contributed by atoms with Crippen molar-refractivity contribution in [3.05, 3.63) is 65.9 Å². The Balaban J connectivity index is 1.62. The van der Waals surface area contributed by atoms with Crippen molar-refractivity contribution in [3.63, 3.8) is 0 Å². The number of para-hydroxylation sites is 1. The van der Waals surface area contributed by atoms with Crippen LogP contribution in [0.4, 0.5) is 5.82 Å². The SMILES string of the molecule is COc1ccc2nc(N(Cc3cn(C(C)=O)c4ccccc34)C3CCCC(N)C3)c(C)cc2c1. The number of nitrogens with zero attached hydrogens (tertiary/aromatic N) is 3. The fourth-order valence-corrected chi connectivity index (χ4v) is 5.35. The van der Waals surface area contributed by atoms with Crippen LogP contribution in [0.1, 0.15) is 48.5 Å². The number of hydrogen-bond donors (Lipinski definition) is 1. The molecule has 2 unspecified atom stereocenters. The molecule has 0 radical (unpaired) electrons. The van der Waals surface area contributed by atoms with E-state index >= 15 is 0 Å². The zero-order valence-corrected chi connectivity index (χ0v) is 20.1. The molecule has 0 spiro atoms. The van der Waals surface area contributed by atoms with Gasteiger partial charge < -0.3 is 15.4 Å². The monoisotopic (exact) mass is 456 g/mol. The molecule has 5 rings (SSSR count). The maximum atomic E-state index is 12.3. The van der Waals surface area contributed by atoms with E-state index in [1.54, 1.807) is 18.6 Å². The maximum Gasteiger partial charge on any atom is 0.227 e. The minimum absolute atomic E-state index is 0.0163. The highest BCUT2D eigenvalue weighted by Gasteiger charge is 2.28. The first-order valence-corrected chi connectivity index (χ1v) is 12.0. The fraction of sp³-hybridized carbons (Fsp3) is 0.357. The molecule has 4 aromatic rings. The van der Waals surface area contributed by atoms with Gasteiger partial charge in [-0.15, -0.1) is 0 Å². The van der Waals surface area contributed by atoms with Crippen LogP contribution in [-0.4, -0.2) is 34.7 Å². The zero-order valence-electron chi connectivity index (χ0n) is 20.1. The largest absolute Gasteiger partial charge is 0.497 e. The van der Waals surface area contributed by atoms with Gasteiger partial charge in [0, 0.05) is 42.5 Å². The molecule has 1 aliphatic carbocycles. The quantitative estimate of drug-likeness (QED) is 0.433. The Labute approximate surface area is 200 Å². The third-order valence-corrected chi connectivity index (χ3v) is 7.06. The van der Waals surface area contributed by atoms with E-state index in [-0.39, 0.29) is 11.9 Å². The van der Waals surface area contributed by atoms with E-state index in [9.17, 15) is 4.79 Å². The third kappa shape index (κ3) is 4.14. The predicted molar refractivity (Wildman–Crippen MR) is 138 cm³/mol.